The van der Waals surface area contributed by atoms with Crippen LogP contribution in [0.4, 0.5) is 5.69 Å². The molecule has 3 N–H and O–H groups in total. The summed E-state index contributed by atoms with van der Waals surface area (Å²) in [7, 11) is 0. The lowest BCUT2D eigenvalue weighted by molar-refractivity contribution is -0.116. The molecule has 0 saturated carbocycles. The topological polar surface area (TPSA) is 117 Å². The molecule has 0 saturated heterocycles. The van der Waals surface area contributed by atoms with E-state index in [0.717, 1.165) is 33.2 Å². The highest BCUT2D eigenvalue weighted by Gasteiger charge is 2.32. The molecule has 44 heavy (non-hydrogen) atoms. The number of aliphatic imine (C=N–C) groups is 1. The van der Waals surface area contributed by atoms with Crippen LogP contribution in [0.2, 0.25) is 5.02 Å². The number of carbonyl (C=O) groups excluding carboxylic acids is 1. The number of nitrogens with zero attached hydrogens (tertiary/aromatic N) is 4. The minimum absolute atomic E-state index is 0.0851. The van der Waals surface area contributed by atoms with E-state index in [0.29, 0.717) is 35.4 Å². The van der Waals surface area contributed by atoms with Gasteiger partial charge in [-0.2, -0.15) is 0 Å². The summed E-state index contributed by atoms with van der Waals surface area (Å²) in [6, 6.07) is 14.4. The molecule has 11 heteroatoms. The van der Waals surface area contributed by atoms with Gasteiger partial charge in [-0.3, -0.25) is 14.4 Å². The number of hydrogen-bond donors (Lipinski definition) is 2. The molecule has 0 bridgehead atoms. The molecule has 4 aromatic rings. The maximum absolute atomic E-state index is 13.4. The minimum atomic E-state index is -0.566. The summed E-state index contributed by atoms with van der Waals surface area (Å²) in [5.41, 5.74) is 9.34. The highest BCUT2D eigenvalue weighted by Crippen LogP contribution is 2.39. The molecule has 1 aliphatic heterocycles. The van der Waals surface area contributed by atoms with E-state index in [2.05, 4.69) is 29.4 Å². The van der Waals surface area contributed by atoms with Crippen molar-refractivity contribution in [2.75, 3.05) is 18.5 Å². The molecular formula is C33H39ClN6O3S. The first kappa shape index (κ1) is 31.8. The number of halogens is 1. The fourth-order valence-electron chi connectivity index (χ4n) is 4.90. The Morgan fingerprint density at radius 2 is 1.70 bits per heavy atom. The predicted octanol–water partition coefficient (Wildman–Crippen LogP) is 6.74. The zero-order chi connectivity index (χ0) is 31.8. The summed E-state index contributed by atoms with van der Waals surface area (Å²) in [5.74, 6) is 1.86. The van der Waals surface area contributed by atoms with Crippen molar-refractivity contribution in [3.05, 3.63) is 86.8 Å². The molecule has 1 amide bonds. The highest BCUT2D eigenvalue weighted by molar-refractivity contribution is 7.15. The Bertz CT molecular complexity index is 1690. The van der Waals surface area contributed by atoms with E-state index < -0.39 is 17.2 Å². The largest absolute Gasteiger partial charge is 0.485 e. The molecule has 9 nitrogen and oxygen atoms in total. The Balaban J connectivity index is 1.37. The number of hydrogen-bond acceptors (Lipinski definition) is 8. The number of thiophene rings is 1. The van der Waals surface area contributed by atoms with E-state index in [1.54, 1.807) is 11.3 Å². The van der Waals surface area contributed by atoms with Gasteiger partial charge in [0.1, 0.15) is 28.2 Å². The van der Waals surface area contributed by atoms with Crippen molar-refractivity contribution < 1.29 is 14.3 Å². The van der Waals surface area contributed by atoms with Crippen LogP contribution in [0.3, 0.4) is 0 Å². The highest BCUT2D eigenvalue weighted by atomic mass is 35.5. The van der Waals surface area contributed by atoms with Gasteiger partial charge in [0, 0.05) is 33.3 Å². The molecule has 232 valence electrons. The second-order valence-electron chi connectivity index (χ2n) is 12.3. The van der Waals surface area contributed by atoms with Gasteiger partial charge in [0.05, 0.1) is 24.3 Å². The van der Waals surface area contributed by atoms with Gasteiger partial charge in [-0.15, -0.1) is 21.5 Å². The van der Waals surface area contributed by atoms with E-state index in [4.69, 9.17) is 31.8 Å². The predicted molar refractivity (Wildman–Crippen MR) is 177 cm³/mol. The van der Waals surface area contributed by atoms with Gasteiger partial charge in [-0.05, 0) is 90.4 Å². The summed E-state index contributed by atoms with van der Waals surface area (Å²) in [4.78, 5) is 19.8. The van der Waals surface area contributed by atoms with Crippen LogP contribution in [0.5, 0.6) is 5.75 Å². The van der Waals surface area contributed by atoms with E-state index in [9.17, 15) is 4.79 Å². The number of rotatable bonds is 10. The second-order valence-corrected chi connectivity index (χ2v) is 13.9. The molecule has 0 radical (unpaired) electrons. The third kappa shape index (κ3) is 6.89. The van der Waals surface area contributed by atoms with E-state index in [1.165, 1.54) is 4.88 Å². The number of fused-ring (bicyclic) bond motifs is 3. The quantitative estimate of drug-likeness (QED) is 0.200. The lowest BCUT2D eigenvalue weighted by Crippen LogP contribution is -2.42. The van der Waals surface area contributed by atoms with Gasteiger partial charge in [0.25, 0.3) is 0 Å². The maximum Gasteiger partial charge on any atom is 0.227 e. The summed E-state index contributed by atoms with van der Waals surface area (Å²) in [6.07, 6.45) is 0.0851. The van der Waals surface area contributed by atoms with Gasteiger partial charge in [0.2, 0.25) is 5.91 Å². The van der Waals surface area contributed by atoms with Crippen LogP contribution in [-0.2, 0) is 9.53 Å². The second kappa shape index (κ2) is 12.4. The van der Waals surface area contributed by atoms with Crippen LogP contribution in [-0.4, -0.2) is 50.7 Å². The maximum atomic E-state index is 13.4. The number of nitrogens with one attached hydrogen (secondary N) is 1. The third-order valence-corrected chi connectivity index (χ3v) is 9.01. The normalized spacial score (nSPS) is 14.8. The van der Waals surface area contributed by atoms with Crippen molar-refractivity contribution in [2.24, 2.45) is 10.7 Å². The Morgan fingerprint density at radius 3 is 2.36 bits per heavy atom. The number of anilines is 1. The zero-order valence-corrected chi connectivity index (χ0v) is 27.8. The average molecular weight is 635 g/mol. The smallest absolute Gasteiger partial charge is 0.227 e. The van der Waals surface area contributed by atoms with Gasteiger partial charge in [0.15, 0.2) is 5.82 Å². The number of nitrogens with two attached hydrogens (primary N) is 1. The van der Waals surface area contributed by atoms with Crippen molar-refractivity contribution in [1.82, 2.24) is 14.8 Å². The molecular weight excluding hydrogens is 596 g/mol. The van der Waals surface area contributed by atoms with Crippen LogP contribution in [0.15, 0.2) is 53.5 Å². The van der Waals surface area contributed by atoms with Gasteiger partial charge >= 0.3 is 0 Å². The monoisotopic (exact) mass is 634 g/mol. The van der Waals surface area contributed by atoms with Gasteiger partial charge < -0.3 is 20.5 Å². The molecule has 1 atom stereocenters. The number of ether oxygens (including phenoxy) is 2. The fraction of sp³-hybridized carbons (Fsp3) is 0.394. The van der Waals surface area contributed by atoms with Crippen molar-refractivity contribution >= 4 is 40.2 Å². The van der Waals surface area contributed by atoms with Gasteiger partial charge in [-0.25, -0.2) is 0 Å². The molecule has 0 spiro atoms. The molecule has 2 aromatic heterocycles. The first-order chi connectivity index (χ1) is 20.8. The lowest BCUT2D eigenvalue weighted by Gasteiger charge is -2.31. The third-order valence-electron chi connectivity index (χ3n) is 7.57. The van der Waals surface area contributed by atoms with Crippen molar-refractivity contribution in [3.8, 4) is 10.8 Å². The molecule has 1 aliphatic rings. The molecule has 0 unspecified atom stereocenters. The van der Waals surface area contributed by atoms with E-state index >= 15 is 0 Å². The summed E-state index contributed by atoms with van der Waals surface area (Å²) in [6.45, 7) is 14.7. The van der Waals surface area contributed by atoms with Gasteiger partial charge in [-0.1, -0.05) is 23.7 Å². The van der Waals surface area contributed by atoms with Crippen molar-refractivity contribution in [3.63, 3.8) is 0 Å². The van der Waals surface area contributed by atoms with Crippen molar-refractivity contribution in [1.29, 1.82) is 0 Å². The molecule has 0 fully saturated rings. The lowest BCUT2D eigenvalue weighted by atomic mass is 9.99. The number of aromatic nitrogens is 3. The Hall–Kier alpha value is -3.57. The summed E-state index contributed by atoms with van der Waals surface area (Å²) < 4.78 is 14.1. The molecule has 5 rings (SSSR count). The van der Waals surface area contributed by atoms with E-state index in [1.807, 2.05) is 87.7 Å². The van der Waals surface area contributed by atoms with Crippen LogP contribution in [0.25, 0.3) is 5.00 Å². The SMILES string of the molecule is Cc1sc2c(c1C)C(c1ccc(Cl)cc1)=N[C@@H](CC(=O)Nc1ccc(OC(C)(C)COC(C)(C)CN)cc1)c1nnc(C)n1-2. The summed E-state index contributed by atoms with van der Waals surface area (Å²) in [5, 5.41) is 13.5. The first-order valence-corrected chi connectivity index (χ1v) is 15.8. The Morgan fingerprint density at radius 1 is 1.02 bits per heavy atom. The molecule has 3 heterocycles. The minimum Gasteiger partial charge on any atom is -0.485 e. The molecule has 2 aromatic carbocycles. The molecule has 0 aliphatic carbocycles. The van der Waals surface area contributed by atoms with Crippen LogP contribution < -0.4 is 15.8 Å². The zero-order valence-electron chi connectivity index (χ0n) is 26.2. The van der Waals surface area contributed by atoms with Crippen LogP contribution in [0.1, 0.15) is 73.4 Å². The van der Waals surface area contributed by atoms with E-state index in [-0.39, 0.29) is 12.3 Å². The number of benzene rings is 2. The van der Waals surface area contributed by atoms with Crippen molar-refractivity contribution in [2.45, 2.75) is 72.1 Å². The number of carbonyl (C=O) groups is 1. The Labute approximate surface area is 267 Å². The number of aryl methyl sites for hydroxylation is 2. The first-order valence-electron chi connectivity index (χ1n) is 14.6. The van der Waals surface area contributed by atoms with Crippen LogP contribution >= 0.6 is 22.9 Å². The Kier molecular flexibility index (Phi) is 9.00. The van der Waals surface area contributed by atoms with Crippen LogP contribution in [0, 0.1) is 20.8 Å². The summed E-state index contributed by atoms with van der Waals surface area (Å²) >= 11 is 7.89. The average Bonchev–Trinajstić information content (AvgIpc) is 3.45. The number of amides is 1. The fourth-order valence-corrected chi connectivity index (χ4v) is 6.24. The standard InChI is InChI=1S/C33H39ClN6O3S/c1-19-20(2)44-31-28(19)29(22-8-10-23(34)11-9-22)37-26(30-39-38-21(3)40(30)31)16-27(41)36-24-12-14-25(15-13-24)43-33(6,7)18-42-32(4,5)17-35/h8-15,26H,16-18,35H2,1-7H3,(H,36,41)/t26-/m0/s1.